The van der Waals surface area contributed by atoms with Gasteiger partial charge < -0.3 is 5.41 Å². The van der Waals surface area contributed by atoms with E-state index >= 15 is 0 Å². The zero-order valence-corrected chi connectivity index (χ0v) is 5.85. The molecule has 1 fully saturated rings. The predicted octanol–water partition coefficient (Wildman–Crippen LogP) is 2.24. The van der Waals surface area contributed by atoms with Crippen LogP contribution in [-0.2, 0) is 0 Å². The summed E-state index contributed by atoms with van der Waals surface area (Å²) >= 11 is 0. The second-order valence-electron chi connectivity index (χ2n) is 2.85. The monoisotopic (exact) mass is 123 g/mol. The molecule has 1 N–H and O–H groups in total. The summed E-state index contributed by atoms with van der Waals surface area (Å²) < 4.78 is 0. The normalized spacial score (nSPS) is 21.0. The first-order valence-corrected chi connectivity index (χ1v) is 3.45. The van der Waals surface area contributed by atoms with Crippen molar-refractivity contribution >= 4 is 6.21 Å². The minimum absolute atomic E-state index is 0.558. The fourth-order valence-corrected chi connectivity index (χ4v) is 1.03. The van der Waals surface area contributed by atoms with E-state index in [-0.39, 0.29) is 0 Å². The van der Waals surface area contributed by atoms with Crippen LogP contribution in [0.25, 0.3) is 0 Å². The lowest BCUT2D eigenvalue weighted by Crippen LogP contribution is -2.00. The molecule has 1 aliphatic rings. The molecule has 1 atom stereocenters. The molecule has 0 heterocycles. The average Bonchev–Trinajstić information content (AvgIpc) is 2.66. The first-order valence-electron chi connectivity index (χ1n) is 3.45. The summed E-state index contributed by atoms with van der Waals surface area (Å²) in [5.74, 6) is 1.40. The van der Waals surface area contributed by atoms with Gasteiger partial charge in [0.05, 0.1) is 0 Å². The maximum absolute atomic E-state index is 6.94. The van der Waals surface area contributed by atoms with E-state index in [4.69, 9.17) is 5.41 Å². The molecule has 1 rings (SSSR count). The van der Waals surface area contributed by atoms with E-state index in [0.29, 0.717) is 5.92 Å². The van der Waals surface area contributed by atoms with Crippen LogP contribution in [0.2, 0.25) is 0 Å². The van der Waals surface area contributed by atoms with Gasteiger partial charge in [0.15, 0.2) is 0 Å². The molecule has 1 heteroatoms. The van der Waals surface area contributed by atoms with Crippen LogP contribution in [0.15, 0.2) is 12.2 Å². The van der Waals surface area contributed by atoms with Crippen LogP contribution in [0.1, 0.15) is 19.8 Å². The summed E-state index contributed by atoms with van der Waals surface area (Å²) in [6.07, 6.45) is 4.06. The highest BCUT2D eigenvalue weighted by Crippen LogP contribution is 2.38. The van der Waals surface area contributed by atoms with E-state index in [0.717, 1.165) is 11.5 Å². The van der Waals surface area contributed by atoms with Crippen molar-refractivity contribution in [1.29, 1.82) is 5.41 Å². The summed E-state index contributed by atoms with van der Waals surface area (Å²) in [7, 11) is 0. The molecular formula is C8H13N. The van der Waals surface area contributed by atoms with Gasteiger partial charge in [0.25, 0.3) is 0 Å². The van der Waals surface area contributed by atoms with Crippen molar-refractivity contribution in [2.75, 3.05) is 0 Å². The fourth-order valence-electron chi connectivity index (χ4n) is 1.03. The van der Waals surface area contributed by atoms with Gasteiger partial charge in [-0.25, -0.2) is 0 Å². The van der Waals surface area contributed by atoms with E-state index in [2.05, 4.69) is 13.5 Å². The second kappa shape index (κ2) is 2.34. The summed E-state index contributed by atoms with van der Waals surface area (Å²) in [6, 6.07) is 0. The van der Waals surface area contributed by atoms with E-state index in [1.54, 1.807) is 0 Å². The van der Waals surface area contributed by atoms with Crippen molar-refractivity contribution in [2.24, 2.45) is 11.8 Å². The van der Waals surface area contributed by atoms with Crippen LogP contribution in [0.5, 0.6) is 0 Å². The molecule has 0 saturated heterocycles. The molecule has 0 radical (unpaired) electrons. The summed E-state index contributed by atoms with van der Waals surface area (Å²) in [4.78, 5) is 0. The molecule has 1 unspecified atom stereocenters. The Balaban J connectivity index is 2.39. The lowest BCUT2D eigenvalue weighted by molar-refractivity contribution is 0.614. The number of allylic oxidation sites excluding steroid dienone is 1. The predicted molar refractivity (Wildman–Crippen MR) is 39.8 cm³/mol. The molecule has 0 amide bonds. The highest BCUT2D eigenvalue weighted by Gasteiger charge is 2.28. The molecule has 0 spiro atoms. The molecule has 50 valence electrons. The van der Waals surface area contributed by atoms with Crippen LogP contribution >= 0.6 is 0 Å². The SMILES string of the molecule is C=C(C=N)C(C)C1CC1. The average molecular weight is 123 g/mol. The molecular weight excluding hydrogens is 110 g/mol. The Morgan fingerprint density at radius 3 is 2.67 bits per heavy atom. The third kappa shape index (κ3) is 1.41. The molecule has 1 aliphatic carbocycles. The molecule has 0 aromatic heterocycles. The van der Waals surface area contributed by atoms with Crippen LogP contribution < -0.4 is 0 Å². The van der Waals surface area contributed by atoms with Crippen LogP contribution in [0.4, 0.5) is 0 Å². The summed E-state index contributed by atoms with van der Waals surface area (Å²) in [5.41, 5.74) is 0.984. The first kappa shape index (κ1) is 6.53. The van der Waals surface area contributed by atoms with Gasteiger partial charge in [0.2, 0.25) is 0 Å². The molecule has 0 bridgehead atoms. The Hall–Kier alpha value is -0.590. The van der Waals surface area contributed by atoms with Crippen molar-refractivity contribution in [3.8, 4) is 0 Å². The Labute approximate surface area is 56.3 Å². The van der Waals surface area contributed by atoms with Crippen molar-refractivity contribution in [3.63, 3.8) is 0 Å². The maximum Gasteiger partial charge on any atom is 0.0206 e. The Bertz CT molecular complexity index is 134. The quantitative estimate of drug-likeness (QED) is 0.556. The van der Waals surface area contributed by atoms with Gasteiger partial charge in [0, 0.05) is 6.21 Å². The summed E-state index contributed by atoms with van der Waals surface area (Å²) in [5, 5.41) is 6.94. The van der Waals surface area contributed by atoms with Crippen LogP contribution in [-0.4, -0.2) is 6.21 Å². The van der Waals surface area contributed by atoms with Gasteiger partial charge in [0.1, 0.15) is 0 Å². The first-order chi connectivity index (χ1) is 4.25. The van der Waals surface area contributed by atoms with Gasteiger partial charge in [-0.2, -0.15) is 0 Å². The van der Waals surface area contributed by atoms with Crippen molar-refractivity contribution in [2.45, 2.75) is 19.8 Å². The van der Waals surface area contributed by atoms with E-state index in [1.807, 2.05) is 0 Å². The molecule has 1 saturated carbocycles. The van der Waals surface area contributed by atoms with Gasteiger partial charge in [-0.1, -0.05) is 13.5 Å². The van der Waals surface area contributed by atoms with Gasteiger partial charge in [-0.3, -0.25) is 0 Å². The van der Waals surface area contributed by atoms with E-state index in [1.165, 1.54) is 19.1 Å². The lowest BCUT2D eigenvalue weighted by Gasteiger charge is -2.06. The highest BCUT2D eigenvalue weighted by molar-refractivity contribution is 5.75. The fraction of sp³-hybridized carbons (Fsp3) is 0.625. The molecule has 0 aromatic carbocycles. The third-order valence-corrected chi connectivity index (χ3v) is 2.10. The van der Waals surface area contributed by atoms with Gasteiger partial charge in [-0.15, -0.1) is 0 Å². The van der Waals surface area contributed by atoms with Crippen molar-refractivity contribution in [3.05, 3.63) is 12.2 Å². The second-order valence-corrected chi connectivity index (χ2v) is 2.85. The van der Waals surface area contributed by atoms with Crippen molar-refractivity contribution in [1.82, 2.24) is 0 Å². The molecule has 1 nitrogen and oxygen atoms in total. The topological polar surface area (TPSA) is 23.9 Å². The largest absolute Gasteiger partial charge is 0.308 e. The minimum Gasteiger partial charge on any atom is -0.308 e. The van der Waals surface area contributed by atoms with Crippen molar-refractivity contribution < 1.29 is 0 Å². The summed E-state index contributed by atoms with van der Waals surface area (Å²) in [6.45, 7) is 5.95. The van der Waals surface area contributed by atoms with Crippen LogP contribution in [0, 0.1) is 17.2 Å². The Morgan fingerprint density at radius 1 is 1.78 bits per heavy atom. The standard InChI is InChI=1S/C8H13N/c1-6(5-9)7(2)8-3-4-8/h5,7-9H,1,3-4H2,2H3. The maximum atomic E-state index is 6.94. The van der Waals surface area contributed by atoms with E-state index < -0.39 is 0 Å². The zero-order valence-electron chi connectivity index (χ0n) is 5.85. The highest BCUT2D eigenvalue weighted by atomic mass is 14.4. The molecule has 0 aromatic rings. The minimum atomic E-state index is 0.558. The Morgan fingerprint density at radius 2 is 2.33 bits per heavy atom. The molecule has 0 aliphatic heterocycles. The number of nitrogens with one attached hydrogen (secondary N) is 1. The zero-order chi connectivity index (χ0) is 6.85. The number of rotatable bonds is 3. The molecule has 9 heavy (non-hydrogen) atoms. The number of hydrogen-bond donors (Lipinski definition) is 1. The van der Waals surface area contributed by atoms with E-state index in [9.17, 15) is 0 Å². The van der Waals surface area contributed by atoms with Gasteiger partial charge >= 0.3 is 0 Å². The van der Waals surface area contributed by atoms with Gasteiger partial charge in [-0.05, 0) is 30.3 Å². The lowest BCUT2D eigenvalue weighted by atomic mass is 9.99. The smallest absolute Gasteiger partial charge is 0.0206 e. The third-order valence-electron chi connectivity index (χ3n) is 2.10. The van der Waals surface area contributed by atoms with Crippen LogP contribution in [0.3, 0.4) is 0 Å². The Kier molecular flexibility index (Phi) is 1.70. The number of hydrogen-bond acceptors (Lipinski definition) is 1.